The lowest BCUT2D eigenvalue weighted by molar-refractivity contribution is -0.134. The summed E-state index contributed by atoms with van der Waals surface area (Å²) in [6.07, 6.45) is 11.4. The van der Waals surface area contributed by atoms with Crippen molar-refractivity contribution in [1.82, 2.24) is 10.2 Å². The summed E-state index contributed by atoms with van der Waals surface area (Å²) in [6.45, 7) is 3.66. The molecule has 0 bridgehead atoms. The Bertz CT molecular complexity index is 353. The lowest BCUT2D eigenvalue weighted by Gasteiger charge is -2.24. The van der Waals surface area contributed by atoms with Crippen LogP contribution < -0.4 is 5.32 Å². The number of carbonyl (C=O) groups is 2. The largest absolute Gasteiger partial charge is 0.344 e. The van der Waals surface area contributed by atoms with E-state index in [9.17, 15) is 9.59 Å². The first-order chi connectivity index (χ1) is 10.2. The van der Waals surface area contributed by atoms with Crippen LogP contribution in [0.2, 0.25) is 0 Å². The number of unbranched alkanes of at least 4 members (excludes halogenated alkanes) is 6. The fraction of sp³-hybridized carbons (Fsp3) is 0.882. The Morgan fingerprint density at radius 1 is 1.05 bits per heavy atom. The standard InChI is InChI=1S/C17H30N2O2/c1-2-3-4-5-6-7-8-12-19-13-11-15(20)18-16(17(19)21)14-9-10-14/h14,16H,2-13H2,1H3,(H,18,20). The van der Waals surface area contributed by atoms with Gasteiger partial charge in [0.1, 0.15) is 6.04 Å². The quantitative estimate of drug-likeness (QED) is 0.665. The molecule has 2 fully saturated rings. The van der Waals surface area contributed by atoms with Crippen molar-refractivity contribution in [2.24, 2.45) is 5.92 Å². The van der Waals surface area contributed by atoms with Crippen LogP contribution in [-0.2, 0) is 9.59 Å². The average Bonchev–Trinajstić information content (AvgIpc) is 3.30. The van der Waals surface area contributed by atoms with Crippen LogP contribution >= 0.6 is 0 Å². The molecule has 21 heavy (non-hydrogen) atoms. The molecule has 1 atom stereocenters. The van der Waals surface area contributed by atoms with Gasteiger partial charge in [0.2, 0.25) is 11.8 Å². The molecule has 0 aromatic rings. The summed E-state index contributed by atoms with van der Waals surface area (Å²) >= 11 is 0. The average molecular weight is 294 g/mol. The second-order valence-electron chi connectivity index (χ2n) is 6.58. The smallest absolute Gasteiger partial charge is 0.245 e. The summed E-state index contributed by atoms with van der Waals surface area (Å²) < 4.78 is 0. The molecule has 1 aliphatic heterocycles. The zero-order valence-corrected chi connectivity index (χ0v) is 13.4. The zero-order chi connectivity index (χ0) is 15.1. The number of rotatable bonds is 9. The molecular weight excluding hydrogens is 264 g/mol. The van der Waals surface area contributed by atoms with Crippen LogP contribution in [0.1, 0.15) is 71.1 Å². The maximum atomic E-state index is 12.5. The van der Waals surface area contributed by atoms with Crippen molar-refractivity contribution in [2.75, 3.05) is 13.1 Å². The van der Waals surface area contributed by atoms with Crippen molar-refractivity contribution in [3.05, 3.63) is 0 Å². The van der Waals surface area contributed by atoms with Crippen LogP contribution in [0.5, 0.6) is 0 Å². The molecule has 1 heterocycles. The molecule has 1 unspecified atom stereocenters. The normalized spacial score (nSPS) is 23.1. The number of nitrogens with one attached hydrogen (secondary N) is 1. The monoisotopic (exact) mass is 294 g/mol. The number of nitrogens with zero attached hydrogens (tertiary/aromatic N) is 1. The third-order valence-corrected chi connectivity index (χ3v) is 4.63. The zero-order valence-electron chi connectivity index (χ0n) is 13.4. The summed E-state index contributed by atoms with van der Waals surface area (Å²) in [4.78, 5) is 26.1. The molecule has 1 saturated heterocycles. The summed E-state index contributed by atoms with van der Waals surface area (Å²) in [5, 5.41) is 2.92. The minimum atomic E-state index is -0.232. The lowest BCUT2D eigenvalue weighted by Crippen LogP contribution is -2.46. The highest BCUT2D eigenvalue weighted by Crippen LogP contribution is 2.34. The molecule has 1 saturated carbocycles. The summed E-state index contributed by atoms with van der Waals surface area (Å²) in [5.74, 6) is 0.604. The van der Waals surface area contributed by atoms with E-state index in [2.05, 4.69) is 12.2 Å². The van der Waals surface area contributed by atoms with E-state index in [-0.39, 0.29) is 17.9 Å². The Morgan fingerprint density at radius 2 is 1.71 bits per heavy atom. The molecule has 2 rings (SSSR count). The molecule has 2 aliphatic rings. The van der Waals surface area contributed by atoms with Crippen molar-refractivity contribution in [2.45, 2.75) is 77.2 Å². The molecule has 0 aromatic heterocycles. The van der Waals surface area contributed by atoms with Crippen molar-refractivity contribution in [3.8, 4) is 0 Å². The van der Waals surface area contributed by atoms with E-state index in [0.29, 0.717) is 18.9 Å². The van der Waals surface area contributed by atoms with Crippen LogP contribution in [0.25, 0.3) is 0 Å². The van der Waals surface area contributed by atoms with Crippen molar-refractivity contribution >= 4 is 11.8 Å². The van der Waals surface area contributed by atoms with E-state index in [4.69, 9.17) is 0 Å². The first-order valence-corrected chi connectivity index (χ1v) is 8.80. The van der Waals surface area contributed by atoms with E-state index in [1.165, 1.54) is 38.5 Å². The van der Waals surface area contributed by atoms with Gasteiger partial charge >= 0.3 is 0 Å². The molecular formula is C17H30N2O2. The van der Waals surface area contributed by atoms with Crippen LogP contribution in [0.15, 0.2) is 0 Å². The van der Waals surface area contributed by atoms with E-state index >= 15 is 0 Å². The highest BCUT2D eigenvalue weighted by Gasteiger charge is 2.40. The fourth-order valence-electron chi connectivity index (χ4n) is 3.08. The molecule has 2 amide bonds. The van der Waals surface area contributed by atoms with E-state index in [1.807, 2.05) is 4.90 Å². The maximum Gasteiger partial charge on any atom is 0.245 e. The Morgan fingerprint density at radius 3 is 2.38 bits per heavy atom. The van der Waals surface area contributed by atoms with Crippen molar-refractivity contribution < 1.29 is 9.59 Å². The second kappa shape index (κ2) is 8.40. The second-order valence-corrected chi connectivity index (χ2v) is 6.58. The molecule has 1 aliphatic carbocycles. The predicted octanol–water partition coefficient (Wildman–Crippen LogP) is 2.86. The Kier molecular flexibility index (Phi) is 6.52. The predicted molar refractivity (Wildman–Crippen MR) is 83.8 cm³/mol. The molecule has 0 radical (unpaired) electrons. The van der Waals surface area contributed by atoms with Gasteiger partial charge in [-0.05, 0) is 25.2 Å². The third kappa shape index (κ3) is 5.33. The molecule has 0 spiro atoms. The SMILES string of the molecule is CCCCCCCCCN1CCC(=O)NC(C2CC2)C1=O. The number of carbonyl (C=O) groups excluding carboxylic acids is 2. The highest BCUT2D eigenvalue weighted by molar-refractivity contribution is 5.90. The summed E-state index contributed by atoms with van der Waals surface area (Å²) in [6, 6.07) is -0.232. The van der Waals surface area contributed by atoms with Crippen LogP contribution in [0.3, 0.4) is 0 Å². The van der Waals surface area contributed by atoms with Gasteiger partial charge in [-0.25, -0.2) is 0 Å². The minimum absolute atomic E-state index is 0.0438. The fourth-order valence-corrected chi connectivity index (χ4v) is 3.08. The van der Waals surface area contributed by atoms with Gasteiger partial charge in [-0.2, -0.15) is 0 Å². The van der Waals surface area contributed by atoms with Gasteiger partial charge in [-0.1, -0.05) is 45.4 Å². The minimum Gasteiger partial charge on any atom is -0.344 e. The first kappa shape index (κ1) is 16.3. The van der Waals surface area contributed by atoms with Gasteiger partial charge in [0.05, 0.1) is 0 Å². The van der Waals surface area contributed by atoms with Crippen LogP contribution in [0, 0.1) is 5.92 Å². The van der Waals surface area contributed by atoms with E-state index < -0.39 is 0 Å². The molecule has 0 aromatic carbocycles. The Balaban J connectivity index is 1.68. The van der Waals surface area contributed by atoms with E-state index in [0.717, 1.165) is 25.8 Å². The first-order valence-electron chi connectivity index (χ1n) is 8.80. The lowest BCUT2D eigenvalue weighted by atomic mass is 10.1. The summed E-state index contributed by atoms with van der Waals surface area (Å²) in [5.41, 5.74) is 0. The highest BCUT2D eigenvalue weighted by atomic mass is 16.2. The van der Waals surface area contributed by atoms with Gasteiger partial charge in [0.15, 0.2) is 0 Å². The van der Waals surface area contributed by atoms with Crippen LogP contribution in [-0.4, -0.2) is 35.8 Å². The van der Waals surface area contributed by atoms with Gasteiger partial charge in [-0.15, -0.1) is 0 Å². The van der Waals surface area contributed by atoms with Gasteiger partial charge in [0.25, 0.3) is 0 Å². The van der Waals surface area contributed by atoms with Crippen LogP contribution in [0.4, 0.5) is 0 Å². The van der Waals surface area contributed by atoms with Gasteiger partial charge in [0, 0.05) is 19.5 Å². The molecule has 4 heteroatoms. The molecule has 4 nitrogen and oxygen atoms in total. The number of hydrogen-bond donors (Lipinski definition) is 1. The molecule has 1 N–H and O–H groups in total. The van der Waals surface area contributed by atoms with Crippen molar-refractivity contribution in [3.63, 3.8) is 0 Å². The number of hydrogen-bond acceptors (Lipinski definition) is 2. The number of amides is 2. The third-order valence-electron chi connectivity index (χ3n) is 4.63. The van der Waals surface area contributed by atoms with Gasteiger partial charge in [-0.3, -0.25) is 9.59 Å². The Hall–Kier alpha value is -1.06. The topological polar surface area (TPSA) is 49.4 Å². The van der Waals surface area contributed by atoms with Gasteiger partial charge < -0.3 is 10.2 Å². The Labute approximate surface area is 128 Å². The molecule has 120 valence electrons. The summed E-state index contributed by atoms with van der Waals surface area (Å²) in [7, 11) is 0. The van der Waals surface area contributed by atoms with Crippen molar-refractivity contribution in [1.29, 1.82) is 0 Å². The van der Waals surface area contributed by atoms with E-state index in [1.54, 1.807) is 0 Å². The maximum absolute atomic E-state index is 12.5.